The summed E-state index contributed by atoms with van der Waals surface area (Å²) in [6.45, 7) is 0. The second-order valence-corrected chi connectivity index (χ2v) is 3.94. The van der Waals surface area contributed by atoms with Crippen LogP contribution in [0.5, 0.6) is 0 Å². The molecule has 1 aromatic heterocycles. The summed E-state index contributed by atoms with van der Waals surface area (Å²) in [5, 5.41) is 4.23. The molecule has 94 valence electrons. The standard InChI is InChI=1S/C13H15N3O2/c1-18-13(17)7-12(14)10-8-15-16(9-10)11-5-3-2-4-6-11/h2-6,8-9,12H,7,14H2,1H3/t12-/m0/s1. The number of ether oxygens (including phenoxy) is 1. The molecule has 0 aliphatic rings. The van der Waals surface area contributed by atoms with Crippen molar-refractivity contribution in [3.63, 3.8) is 0 Å². The molecule has 2 rings (SSSR count). The van der Waals surface area contributed by atoms with E-state index in [9.17, 15) is 4.79 Å². The van der Waals surface area contributed by atoms with E-state index in [-0.39, 0.29) is 12.4 Å². The van der Waals surface area contributed by atoms with Crippen molar-refractivity contribution in [1.29, 1.82) is 0 Å². The largest absolute Gasteiger partial charge is 0.469 e. The van der Waals surface area contributed by atoms with Crippen LogP contribution < -0.4 is 5.73 Å². The highest BCUT2D eigenvalue weighted by molar-refractivity contribution is 5.70. The summed E-state index contributed by atoms with van der Waals surface area (Å²) < 4.78 is 6.32. The van der Waals surface area contributed by atoms with Gasteiger partial charge in [-0.2, -0.15) is 5.10 Å². The molecular weight excluding hydrogens is 230 g/mol. The fraction of sp³-hybridized carbons (Fsp3) is 0.231. The first kappa shape index (κ1) is 12.3. The van der Waals surface area contributed by atoms with Crippen molar-refractivity contribution in [2.75, 3.05) is 7.11 Å². The Balaban J connectivity index is 2.13. The maximum Gasteiger partial charge on any atom is 0.307 e. The van der Waals surface area contributed by atoms with Gasteiger partial charge in [0.25, 0.3) is 0 Å². The van der Waals surface area contributed by atoms with E-state index in [1.54, 1.807) is 10.9 Å². The Labute approximate surface area is 105 Å². The van der Waals surface area contributed by atoms with Crippen molar-refractivity contribution in [1.82, 2.24) is 9.78 Å². The van der Waals surface area contributed by atoms with Gasteiger partial charge < -0.3 is 10.5 Å². The molecule has 0 unspecified atom stereocenters. The molecule has 2 N–H and O–H groups in total. The Bertz CT molecular complexity index is 522. The lowest BCUT2D eigenvalue weighted by molar-refractivity contribution is -0.141. The lowest BCUT2D eigenvalue weighted by Crippen LogP contribution is -2.15. The van der Waals surface area contributed by atoms with Crippen LogP contribution in [0.2, 0.25) is 0 Å². The third-order valence-electron chi connectivity index (χ3n) is 2.67. The van der Waals surface area contributed by atoms with Gasteiger partial charge in [0, 0.05) is 17.8 Å². The van der Waals surface area contributed by atoms with Crippen molar-refractivity contribution in [3.05, 3.63) is 48.3 Å². The summed E-state index contributed by atoms with van der Waals surface area (Å²) in [6.07, 6.45) is 3.64. The van der Waals surface area contributed by atoms with E-state index >= 15 is 0 Å². The number of esters is 1. The predicted octanol–water partition coefficient (Wildman–Crippen LogP) is 1.44. The van der Waals surface area contributed by atoms with Crippen LogP contribution in [-0.2, 0) is 9.53 Å². The minimum Gasteiger partial charge on any atom is -0.469 e. The number of para-hydroxylation sites is 1. The van der Waals surface area contributed by atoms with Gasteiger partial charge in [-0.25, -0.2) is 4.68 Å². The van der Waals surface area contributed by atoms with Crippen LogP contribution >= 0.6 is 0 Å². The van der Waals surface area contributed by atoms with E-state index in [4.69, 9.17) is 5.73 Å². The molecule has 1 heterocycles. The molecule has 2 aromatic rings. The van der Waals surface area contributed by atoms with Gasteiger partial charge in [0.1, 0.15) is 0 Å². The summed E-state index contributed by atoms with van der Waals surface area (Å²) >= 11 is 0. The normalized spacial score (nSPS) is 12.1. The zero-order valence-electron chi connectivity index (χ0n) is 10.1. The van der Waals surface area contributed by atoms with E-state index in [2.05, 4.69) is 9.84 Å². The van der Waals surface area contributed by atoms with Crippen LogP contribution in [0.3, 0.4) is 0 Å². The SMILES string of the molecule is COC(=O)C[C@H](N)c1cnn(-c2ccccc2)c1. The first-order valence-electron chi connectivity index (χ1n) is 5.63. The molecule has 0 saturated heterocycles. The van der Waals surface area contributed by atoms with Crippen molar-refractivity contribution < 1.29 is 9.53 Å². The number of carbonyl (C=O) groups excluding carboxylic acids is 1. The van der Waals surface area contributed by atoms with Gasteiger partial charge in [-0.3, -0.25) is 4.79 Å². The Kier molecular flexibility index (Phi) is 3.74. The maximum atomic E-state index is 11.1. The first-order valence-corrected chi connectivity index (χ1v) is 5.63. The van der Waals surface area contributed by atoms with E-state index in [0.29, 0.717) is 0 Å². The van der Waals surface area contributed by atoms with Crippen LogP contribution in [0.15, 0.2) is 42.7 Å². The Morgan fingerprint density at radius 3 is 2.83 bits per heavy atom. The maximum absolute atomic E-state index is 11.1. The van der Waals surface area contributed by atoms with Gasteiger partial charge in [0.2, 0.25) is 0 Å². The summed E-state index contributed by atoms with van der Waals surface area (Å²) in [7, 11) is 1.35. The van der Waals surface area contributed by atoms with Crippen LogP contribution in [0.1, 0.15) is 18.0 Å². The third kappa shape index (κ3) is 2.75. The molecule has 0 spiro atoms. The quantitative estimate of drug-likeness (QED) is 0.827. The van der Waals surface area contributed by atoms with Gasteiger partial charge >= 0.3 is 5.97 Å². The Hall–Kier alpha value is -2.14. The molecule has 5 nitrogen and oxygen atoms in total. The average Bonchev–Trinajstić information content (AvgIpc) is 2.89. The van der Waals surface area contributed by atoms with Crippen LogP contribution in [0, 0.1) is 0 Å². The van der Waals surface area contributed by atoms with Crippen molar-refractivity contribution in [2.45, 2.75) is 12.5 Å². The summed E-state index contributed by atoms with van der Waals surface area (Å²) in [5.74, 6) is -0.324. The smallest absolute Gasteiger partial charge is 0.307 e. The molecular formula is C13H15N3O2. The number of hydrogen-bond acceptors (Lipinski definition) is 4. The average molecular weight is 245 g/mol. The summed E-state index contributed by atoms with van der Waals surface area (Å²) in [5.41, 5.74) is 7.67. The number of rotatable bonds is 4. The highest BCUT2D eigenvalue weighted by atomic mass is 16.5. The van der Waals surface area contributed by atoms with Gasteiger partial charge in [0.05, 0.1) is 25.4 Å². The van der Waals surface area contributed by atoms with Gasteiger partial charge in [-0.1, -0.05) is 18.2 Å². The zero-order chi connectivity index (χ0) is 13.0. The number of benzene rings is 1. The third-order valence-corrected chi connectivity index (χ3v) is 2.67. The Morgan fingerprint density at radius 2 is 2.17 bits per heavy atom. The number of nitrogens with zero attached hydrogens (tertiary/aromatic N) is 2. The number of hydrogen-bond donors (Lipinski definition) is 1. The zero-order valence-corrected chi connectivity index (χ0v) is 10.1. The molecule has 0 aliphatic carbocycles. The van der Waals surface area contributed by atoms with Crippen LogP contribution in [0.4, 0.5) is 0 Å². The fourth-order valence-corrected chi connectivity index (χ4v) is 1.63. The number of nitrogens with two attached hydrogens (primary N) is 1. The molecule has 1 atom stereocenters. The van der Waals surface area contributed by atoms with Gasteiger partial charge in [0.15, 0.2) is 0 Å². The number of methoxy groups -OCH3 is 1. The topological polar surface area (TPSA) is 70.1 Å². The van der Waals surface area contributed by atoms with Gasteiger partial charge in [-0.05, 0) is 12.1 Å². The number of aromatic nitrogens is 2. The molecule has 0 saturated carbocycles. The molecule has 0 aliphatic heterocycles. The molecule has 0 fully saturated rings. The monoisotopic (exact) mass is 245 g/mol. The molecule has 0 radical (unpaired) electrons. The van der Waals surface area contributed by atoms with Crippen molar-refractivity contribution in [3.8, 4) is 5.69 Å². The van der Waals surface area contributed by atoms with Crippen LogP contribution in [0.25, 0.3) is 5.69 Å². The predicted molar refractivity (Wildman–Crippen MR) is 67.1 cm³/mol. The minimum absolute atomic E-state index is 0.150. The Morgan fingerprint density at radius 1 is 1.44 bits per heavy atom. The highest BCUT2D eigenvalue weighted by Crippen LogP contribution is 2.15. The van der Waals surface area contributed by atoms with E-state index < -0.39 is 6.04 Å². The van der Waals surface area contributed by atoms with E-state index in [1.807, 2.05) is 36.5 Å². The summed E-state index contributed by atoms with van der Waals surface area (Å²) in [4.78, 5) is 11.1. The fourth-order valence-electron chi connectivity index (χ4n) is 1.63. The minimum atomic E-state index is -0.394. The second-order valence-electron chi connectivity index (χ2n) is 3.94. The molecule has 1 aromatic carbocycles. The van der Waals surface area contributed by atoms with E-state index in [0.717, 1.165) is 11.3 Å². The second kappa shape index (κ2) is 5.46. The lowest BCUT2D eigenvalue weighted by Gasteiger charge is -2.06. The summed E-state index contributed by atoms with van der Waals surface area (Å²) in [6, 6.07) is 9.31. The molecule has 18 heavy (non-hydrogen) atoms. The van der Waals surface area contributed by atoms with Crippen molar-refractivity contribution >= 4 is 5.97 Å². The highest BCUT2D eigenvalue weighted by Gasteiger charge is 2.13. The lowest BCUT2D eigenvalue weighted by atomic mass is 10.1. The number of carbonyl (C=O) groups is 1. The molecule has 5 heteroatoms. The van der Waals surface area contributed by atoms with E-state index in [1.165, 1.54) is 7.11 Å². The van der Waals surface area contributed by atoms with Crippen molar-refractivity contribution in [2.24, 2.45) is 5.73 Å². The van der Waals surface area contributed by atoms with Crippen LogP contribution in [-0.4, -0.2) is 22.9 Å². The van der Waals surface area contributed by atoms with Gasteiger partial charge in [-0.15, -0.1) is 0 Å². The molecule has 0 amide bonds. The first-order chi connectivity index (χ1) is 8.70. The molecule has 0 bridgehead atoms.